The van der Waals surface area contributed by atoms with Crippen LogP contribution in [0.1, 0.15) is 24.1 Å². The molecule has 2 rings (SSSR count). The zero-order valence-corrected chi connectivity index (χ0v) is 17.5. The summed E-state index contributed by atoms with van der Waals surface area (Å²) < 4.78 is 15.1. The lowest BCUT2D eigenvalue weighted by Crippen LogP contribution is -2.27. The summed E-state index contributed by atoms with van der Waals surface area (Å²) >= 11 is 6.24. The number of carbonyl (C=O) groups excluding carboxylic acids is 2. The van der Waals surface area contributed by atoms with Crippen LogP contribution in [0.25, 0.3) is 6.08 Å². The lowest BCUT2D eigenvalue weighted by Gasteiger charge is -2.14. The van der Waals surface area contributed by atoms with Gasteiger partial charge in [0, 0.05) is 0 Å². The summed E-state index contributed by atoms with van der Waals surface area (Å²) in [5.41, 5.74) is 1.28. The Morgan fingerprint density at radius 1 is 1.23 bits per heavy atom. The van der Waals surface area contributed by atoms with Crippen molar-refractivity contribution >= 4 is 29.6 Å². The maximum Gasteiger partial charge on any atom is 0.343 e. The molecule has 0 unspecified atom stereocenters. The fourth-order valence-electron chi connectivity index (χ4n) is 2.57. The molecule has 30 heavy (non-hydrogen) atoms. The Balaban J connectivity index is 2.24. The zero-order chi connectivity index (χ0) is 22.1. The molecular weight excluding hydrogens is 408 g/mol. The molecule has 7 nitrogen and oxygen atoms in total. The number of benzene rings is 2. The van der Waals surface area contributed by atoms with E-state index in [-0.39, 0.29) is 34.7 Å². The summed E-state index contributed by atoms with van der Waals surface area (Å²) in [6.07, 6.45) is 1.39. The van der Waals surface area contributed by atoms with E-state index in [0.717, 1.165) is 5.56 Å². The minimum atomic E-state index is -0.576. The summed E-state index contributed by atoms with van der Waals surface area (Å²) in [6, 6.07) is 14.1. The Morgan fingerprint density at radius 2 is 1.93 bits per heavy atom. The largest absolute Gasteiger partial charge is 0.493 e. The van der Waals surface area contributed by atoms with E-state index in [1.54, 1.807) is 6.07 Å². The van der Waals surface area contributed by atoms with Crippen molar-refractivity contribution in [1.82, 2.24) is 5.32 Å². The van der Waals surface area contributed by atoms with Crippen LogP contribution in [0, 0.1) is 11.3 Å². The number of carbonyl (C=O) groups is 2. The molecule has 0 radical (unpaired) electrons. The zero-order valence-electron chi connectivity index (χ0n) is 16.8. The van der Waals surface area contributed by atoms with Crippen LogP contribution in [0.4, 0.5) is 0 Å². The molecule has 156 valence electrons. The van der Waals surface area contributed by atoms with Gasteiger partial charge in [-0.3, -0.25) is 4.79 Å². The van der Waals surface area contributed by atoms with Gasteiger partial charge in [-0.05, 0) is 36.3 Å². The molecule has 0 fully saturated rings. The molecule has 0 aliphatic carbocycles. The highest BCUT2D eigenvalue weighted by Gasteiger charge is 2.17. The highest BCUT2D eigenvalue weighted by Crippen LogP contribution is 2.37. The summed E-state index contributed by atoms with van der Waals surface area (Å²) in [5.74, 6) is -0.696. The number of esters is 1. The number of halogens is 1. The van der Waals surface area contributed by atoms with Crippen LogP contribution in [0.15, 0.2) is 48.0 Å². The Bertz CT molecular complexity index is 983. The predicted molar refractivity (Wildman–Crippen MR) is 112 cm³/mol. The van der Waals surface area contributed by atoms with E-state index in [4.69, 9.17) is 21.1 Å². The van der Waals surface area contributed by atoms with Gasteiger partial charge in [-0.25, -0.2) is 4.79 Å². The van der Waals surface area contributed by atoms with Crippen molar-refractivity contribution in [2.45, 2.75) is 13.0 Å². The summed E-state index contributed by atoms with van der Waals surface area (Å²) in [5, 5.41) is 12.4. The van der Waals surface area contributed by atoms with Gasteiger partial charge in [-0.1, -0.05) is 41.9 Å². The molecular formula is C22H21ClN2O5. The van der Waals surface area contributed by atoms with E-state index in [2.05, 4.69) is 10.1 Å². The second kappa shape index (κ2) is 10.9. The van der Waals surface area contributed by atoms with Gasteiger partial charge in [-0.2, -0.15) is 5.26 Å². The van der Waals surface area contributed by atoms with Gasteiger partial charge in [-0.15, -0.1) is 0 Å². The molecule has 2 aromatic carbocycles. The average Bonchev–Trinajstić information content (AvgIpc) is 2.76. The predicted octanol–water partition coefficient (Wildman–Crippen LogP) is 3.68. The molecule has 0 spiro atoms. The standard InChI is InChI=1S/C22H21ClN2O5/c1-14(16-7-5-4-6-8-16)25-22(27)17(12-24)9-15-10-18(23)21(19(11-15)28-2)30-13-20(26)29-3/h4-11,14H,13H2,1-3H3,(H,25,27)/b17-9-/t14-/m1/s1. The van der Waals surface area contributed by atoms with Gasteiger partial charge >= 0.3 is 5.97 Å². The van der Waals surface area contributed by atoms with Gasteiger partial charge in [0.2, 0.25) is 0 Å². The van der Waals surface area contributed by atoms with Gasteiger partial charge < -0.3 is 19.5 Å². The number of ether oxygens (including phenoxy) is 3. The van der Waals surface area contributed by atoms with Crippen molar-refractivity contribution in [3.63, 3.8) is 0 Å². The third-order valence-electron chi connectivity index (χ3n) is 4.14. The highest BCUT2D eigenvalue weighted by atomic mass is 35.5. The van der Waals surface area contributed by atoms with Crippen molar-refractivity contribution in [2.75, 3.05) is 20.8 Å². The maximum absolute atomic E-state index is 12.5. The number of nitrogens with zero attached hydrogens (tertiary/aromatic N) is 1. The van der Waals surface area contributed by atoms with Gasteiger partial charge in [0.25, 0.3) is 5.91 Å². The second-order valence-corrected chi connectivity index (χ2v) is 6.58. The fraction of sp³-hybridized carbons (Fsp3) is 0.227. The monoisotopic (exact) mass is 428 g/mol. The van der Waals surface area contributed by atoms with Gasteiger partial charge in [0.1, 0.15) is 11.6 Å². The third kappa shape index (κ3) is 6.00. The van der Waals surface area contributed by atoms with Crippen LogP contribution in [0.2, 0.25) is 5.02 Å². The molecule has 0 bridgehead atoms. The highest BCUT2D eigenvalue weighted by molar-refractivity contribution is 6.32. The fourth-order valence-corrected chi connectivity index (χ4v) is 2.84. The lowest BCUT2D eigenvalue weighted by atomic mass is 10.1. The molecule has 0 aromatic heterocycles. The summed E-state index contributed by atoms with van der Waals surface area (Å²) in [6.45, 7) is 1.49. The van der Waals surface area contributed by atoms with Gasteiger partial charge in [0.15, 0.2) is 18.1 Å². The minimum absolute atomic E-state index is 0.0980. The summed E-state index contributed by atoms with van der Waals surface area (Å²) in [7, 11) is 2.65. The first kappa shape index (κ1) is 22.8. The van der Waals surface area contributed by atoms with Crippen molar-refractivity contribution in [3.05, 3.63) is 64.2 Å². The Hall–Kier alpha value is -3.50. The lowest BCUT2D eigenvalue weighted by molar-refractivity contribution is -0.142. The smallest absolute Gasteiger partial charge is 0.343 e. The summed E-state index contributed by atoms with van der Waals surface area (Å²) in [4.78, 5) is 23.8. The third-order valence-corrected chi connectivity index (χ3v) is 4.42. The van der Waals surface area contributed by atoms with Crippen LogP contribution in [-0.4, -0.2) is 32.7 Å². The van der Waals surface area contributed by atoms with Crippen molar-refractivity contribution in [3.8, 4) is 17.6 Å². The van der Waals surface area contributed by atoms with Crippen LogP contribution in [0.3, 0.4) is 0 Å². The minimum Gasteiger partial charge on any atom is -0.493 e. The number of amides is 1. The number of hydrogen-bond acceptors (Lipinski definition) is 6. The van der Waals surface area contributed by atoms with E-state index in [1.807, 2.05) is 43.3 Å². The molecule has 0 saturated carbocycles. The molecule has 1 N–H and O–H groups in total. The molecule has 0 aliphatic rings. The van der Waals surface area contributed by atoms with Crippen molar-refractivity contribution in [2.24, 2.45) is 0 Å². The maximum atomic E-state index is 12.5. The Morgan fingerprint density at radius 3 is 2.53 bits per heavy atom. The van der Waals surface area contributed by atoms with Crippen LogP contribution in [-0.2, 0) is 14.3 Å². The first-order valence-electron chi connectivity index (χ1n) is 8.94. The Labute approximate surface area is 179 Å². The SMILES string of the molecule is COC(=O)COc1c(Cl)cc(/C=C(/C#N)C(=O)N[C@H](C)c2ccccc2)cc1OC. The number of hydrogen-bond donors (Lipinski definition) is 1. The number of rotatable bonds is 8. The quantitative estimate of drug-likeness (QED) is 0.391. The van der Waals surface area contributed by atoms with E-state index in [9.17, 15) is 14.9 Å². The molecule has 0 aliphatic heterocycles. The van der Waals surface area contributed by atoms with Crippen LogP contribution >= 0.6 is 11.6 Å². The van der Waals surface area contributed by atoms with E-state index >= 15 is 0 Å². The topological polar surface area (TPSA) is 97.7 Å². The first-order chi connectivity index (χ1) is 14.4. The Kier molecular flexibility index (Phi) is 8.27. The van der Waals surface area contributed by atoms with Crippen LogP contribution in [0.5, 0.6) is 11.5 Å². The van der Waals surface area contributed by atoms with E-state index in [0.29, 0.717) is 5.56 Å². The molecule has 8 heteroatoms. The number of nitrogens with one attached hydrogen (secondary N) is 1. The number of methoxy groups -OCH3 is 2. The molecule has 2 aromatic rings. The van der Waals surface area contributed by atoms with Crippen molar-refractivity contribution in [1.29, 1.82) is 5.26 Å². The van der Waals surface area contributed by atoms with Crippen molar-refractivity contribution < 1.29 is 23.8 Å². The van der Waals surface area contributed by atoms with Gasteiger partial charge in [0.05, 0.1) is 25.3 Å². The molecule has 1 amide bonds. The second-order valence-electron chi connectivity index (χ2n) is 6.17. The van der Waals surface area contributed by atoms with E-state index in [1.165, 1.54) is 26.4 Å². The molecule has 0 saturated heterocycles. The normalized spacial score (nSPS) is 11.8. The van der Waals surface area contributed by atoms with Crippen LogP contribution < -0.4 is 14.8 Å². The average molecular weight is 429 g/mol. The molecule has 1 atom stereocenters. The first-order valence-corrected chi connectivity index (χ1v) is 9.32. The number of nitriles is 1. The van der Waals surface area contributed by atoms with E-state index < -0.39 is 11.9 Å². The molecule has 0 heterocycles.